The van der Waals surface area contributed by atoms with Gasteiger partial charge in [-0.25, -0.2) is 14.5 Å². The summed E-state index contributed by atoms with van der Waals surface area (Å²) < 4.78 is 2.00. The minimum Gasteiger partial charge on any atom is -0.355 e. The number of H-pyrrole nitrogens is 2. The Morgan fingerprint density at radius 3 is 1.19 bits per heavy atom. The summed E-state index contributed by atoms with van der Waals surface area (Å²) in [6, 6.07) is 22.4. The second-order valence-electron chi connectivity index (χ2n) is 7.45. The zero-order valence-electron chi connectivity index (χ0n) is 17.2. The monoisotopic (exact) mass is 404 g/mol. The first kappa shape index (κ1) is 18.8. The normalized spacial score (nSPS) is 11.8. The average molecular weight is 404 g/mol. The zero-order valence-corrected chi connectivity index (χ0v) is 17.2. The molecule has 0 aromatic carbocycles. The molecule has 4 aromatic rings. The Bertz CT molecular complexity index is 1260. The van der Waals surface area contributed by atoms with Crippen LogP contribution in [0.5, 0.6) is 0 Å². The van der Waals surface area contributed by atoms with Crippen LogP contribution in [0, 0.1) is 0 Å². The standard InChI is InChI=1S/C20H14N4.C6H8N/c1-2-14-10-16-5-6-18(23-16)12-20-8-7-19(24-20)11-17-4-3-15(22-17)9-13(1)21-14;1-7-5-3-2-4-6-7/h1-12,21,24H;2-6H,1H3/q;+1. The third-order valence-corrected chi connectivity index (χ3v) is 4.91. The maximum atomic E-state index is 4.63. The van der Waals surface area contributed by atoms with Crippen molar-refractivity contribution >= 4 is 46.4 Å². The third-order valence-electron chi connectivity index (χ3n) is 4.91. The summed E-state index contributed by atoms with van der Waals surface area (Å²) in [4.78, 5) is 16.0. The maximum absolute atomic E-state index is 4.63. The van der Waals surface area contributed by atoms with Crippen molar-refractivity contribution in [2.24, 2.45) is 7.05 Å². The lowest BCUT2D eigenvalue weighted by molar-refractivity contribution is -0.671. The van der Waals surface area contributed by atoms with Crippen LogP contribution in [-0.4, -0.2) is 19.9 Å². The topological polar surface area (TPSA) is 61.2 Å². The fourth-order valence-electron chi connectivity index (χ4n) is 3.43. The smallest absolute Gasteiger partial charge is 0.168 e. The highest BCUT2D eigenvalue weighted by Gasteiger charge is 2.01. The van der Waals surface area contributed by atoms with E-state index in [0.29, 0.717) is 0 Å². The van der Waals surface area contributed by atoms with Crippen molar-refractivity contribution in [3.8, 4) is 0 Å². The SMILES string of the molecule is C1=Cc2cc3ccc(cc4nc(cc5ccc(cc1n2)[nH]5)C=C4)[nH]3.C[n+]1ccccc1. The van der Waals surface area contributed by atoms with Crippen LogP contribution in [0.15, 0.2) is 79.1 Å². The Labute approximate surface area is 180 Å². The van der Waals surface area contributed by atoms with Crippen molar-refractivity contribution in [3.63, 3.8) is 0 Å². The number of fused-ring (bicyclic) bond motifs is 8. The summed E-state index contributed by atoms with van der Waals surface area (Å²) in [6.07, 6.45) is 12.1. The first-order valence-electron chi connectivity index (χ1n) is 10.1. The number of aryl methyl sites for hydroxylation is 1. The maximum Gasteiger partial charge on any atom is 0.168 e. The van der Waals surface area contributed by atoms with Gasteiger partial charge in [0.25, 0.3) is 0 Å². The second kappa shape index (κ2) is 8.24. The second-order valence-corrected chi connectivity index (χ2v) is 7.45. The molecule has 6 rings (SSSR count). The van der Waals surface area contributed by atoms with Crippen molar-refractivity contribution in [1.82, 2.24) is 19.9 Å². The van der Waals surface area contributed by atoms with Gasteiger partial charge in [0.15, 0.2) is 12.4 Å². The molecule has 5 heteroatoms. The van der Waals surface area contributed by atoms with Gasteiger partial charge < -0.3 is 9.97 Å². The summed E-state index contributed by atoms with van der Waals surface area (Å²) in [7, 11) is 2.00. The van der Waals surface area contributed by atoms with Gasteiger partial charge in [0.2, 0.25) is 0 Å². The molecular formula is C26H22N5+. The highest BCUT2D eigenvalue weighted by molar-refractivity contribution is 5.77. The summed E-state index contributed by atoms with van der Waals surface area (Å²) in [5, 5.41) is 0. The quantitative estimate of drug-likeness (QED) is 0.343. The van der Waals surface area contributed by atoms with Gasteiger partial charge in [0.1, 0.15) is 7.05 Å². The first-order chi connectivity index (χ1) is 15.2. The van der Waals surface area contributed by atoms with Crippen LogP contribution in [0.25, 0.3) is 46.4 Å². The minimum atomic E-state index is 0.939. The van der Waals surface area contributed by atoms with Crippen molar-refractivity contribution in [1.29, 1.82) is 0 Å². The molecule has 4 aromatic heterocycles. The molecule has 31 heavy (non-hydrogen) atoms. The van der Waals surface area contributed by atoms with E-state index in [0.717, 1.165) is 44.8 Å². The molecule has 150 valence electrons. The number of pyridine rings is 1. The van der Waals surface area contributed by atoms with Gasteiger partial charge in [0.05, 0.1) is 22.8 Å². The Hall–Kier alpha value is -4.25. The number of hydrogen-bond donors (Lipinski definition) is 2. The molecule has 0 amide bonds. The molecule has 0 aliphatic carbocycles. The first-order valence-corrected chi connectivity index (χ1v) is 10.1. The van der Waals surface area contributed by atoms with E-state index in [1.165, 1.54) is 0 Å². The minimum absolute atomic E-state index is 0.939. The molecule has 8 bridgehead atoms. The van der Waals surface area contributed by atoms with Gasteiger partial charge >= 0.3 is 0 Å². The number of aromatic nitrogens is 5. The molecule has 2 aliphatic heterocycles. The van der Waals surface area contributed by atoms with E-state index < -0.39 is 0 Å². The van der Waals surface area contributed by atoms with Crippen molar-refractivity contribution in [2.45, 2.75) is 0 Å². The van der Waals surface area contributed by atoms with Crippen LogP contribution in [0.2, 0.25) is 0 Å². The Balaban J connectivity index is 0.000000250. The van der Waals surface area contributed by atoms with Gasteiger partial charge in [-0.15, -0.1) is 0 Å². The van der Waals surface area contributed by atoms with E-state index in [1.54, 1.807) is 0 Å². The highest BCUT2D eigenvalue weighted by atomic mass is 14.9. The molecule has 2 N–H and O–H groups in total. The van der Waals surface area contributed by atoms with Crippen LogP contribution in [-0.2, 0) is 7.05 Å². The Kier molecular flexibility index (Phi) is 4.99. The van der Waals surface area contributed by atoms with Crippen LogP contribution in [0.3, 0.4) is 0 Å². The fraction of sp³-hybridized carbons (Fsp3) is 0.0385. The summed E-state index contributed by atoms with van der Waals surface area (Å²) in [6.45, 7) is 0. The molecule has 0 saturated carbocycles. The molecule has 0 spiro atoms. The van der Waals surface area contributed by atoms with Gasteiger partial charge in [0, 0.05) is 34.2 Å². The van der Waals surface area contributed by atoms with Gasteiger partial charge in [-0.1, -0.05) is 6.07 Å². The molecule has 6 heterocycles. The number of nitrogens with zero attached hydrogens (tertiary/aromatic N) is 3. The van der Waals surface area contributed by atoms with E-state index in [2.05, 4.69) is 44.2 Å². The van der Waals surface area contributed by atoms with E-state index in [4.69, 9.17) is 0 Å². The van der Waals surface area contributed by atoms with Crippen LogP contribution < -0.4 is 4.57 Å². The lowest BCUT2D eigenvalue weighted by Crippen LogP contribution is -2.25. The third kappa shape index (κ3) is 4.67. The Morgan fingerprint density at radius 2 is 0.903 bits per heavy atom. The molecule has 0 fully saturated rings. The van der Waals surface area contributed by atoms with Crippen molar-refractivity contribution in [3.05, 3.63) is 102 Å². The van der Waals surface area contributed by atoms with Crippen molar-refractivity contribution in [2.75, 3.05) is 0 Å². The average Bonchev–Trinajstić information content (AvgIpc) is 3.55. The zero-order chi connectivity index (χ0) is 21.0. The van der Waals surface area contributed by atoms with Gasteiger partial charge in [-0.3, -0.25) is 0 Å². The lowest BCUT2D eigenvalue weighted by atomic mass is 10.3. The van der Waals surface area contributed by atoms with E-state index in [9.17, 15) is 0 Å². The van der Waals surface area contributed by atoms with Crippen molar-refractivity contribution < 1.29 is 4.57 Å². The van der Waals surface area contributed by atoms with Crippen LogP contribution >= 0.6 is 0 Å². The molecule has 5 nitrogen and oxygen atoms in total. The number of hydrogen-bond acceptors (Lipinski definition) is 2. The predicted octanol–water partition coefficient (Wildman–Crippen LogP) is 5.17. The van der Waals surface area contributed by atoms with E-state index in [-0.39, 0.29) is 0 Å². The molecule has 0 saturated heterocycles. The highest BCUT2D eigenvalue weighted by Crippen LogP contribution is 2.16. The van der Waals surface area contributed by atoms with Gasteiger partial charge in [-0.2, -0.15) is 0 Å². The van der Waals surface area contributed by atoms with Crippen LogP contribution in [0.1, 0.15) is 22.8 Å². The van der Waals surface area contributed by atoms with Crippen LogP contribution in [0.4, 0.5) is 0 Å². The number of aromatic amines is 2. The summed E-state index contributed by atoms with van der Waals surface area (Å²) in [5.74, 6) is 0. The fourth-order valence-corrected chi connectivity index (χ4v) is 3.43. The lowest BCUT2D eigenvalue weighted by Gasteiger charge is -1.85. The Morgan fingerprint density at radius 1 is 0.548 bits per heavy atom. The molecule has 2 aliphatic rings. The van der Waals surface area contributed by atoms with E-state index >= 15 is 0 Å². The predicted molar refractivity (Wildman–Crippen MR) is 126 cm³/mol. The molecule has 0 radical (unpaired) electrons. The number of nitrogens with one attached hydrogen (secondary N) is 2. The molecule has 0 unspecified atom stereocenters. The summed E-state index contributed by atoms with van der Waals surface area (Å²) in [5.41, 5.74) is 7.86. The van der Waals surface area contributed by atoms with E-state index in [1.807, 2.05) is 90.8 Å². The molecular weight excluding hydrogens is 382 g/mol. The largest absolute Gasteiger partial charge is 0.355 e. The summed E-state index contributed by atoms with van der Waals surface area (Å²) >= 11 is 0. The molecule has 0 atom stereocenters. The number of rotatable bonds is 0. The van der Waals surface area contributed by atoms with Gasteiger partial charge in [-0.05, 0) is 72.8 Å².